The molecule has 6 nitrogen and oxygen atoms in total. The van der Waals surface area contributed by atoms with Gasteiger partial charge in [-0.3, -0.25) is 4.99 Å². The SMILES string of the molecule is CCN1CCN(CC(C)CNC(=NC)N(C)Cc2cc(Br)cn2C)CC1. The molecule has 1 saturated heterocycles. The second-order valence-electron chi connectivity index (χ2n) is 7.38. The maximum absolute atomic E-state index is 4.45. The first-order valence-corrected chi connectivity index (χ1v) is 10.4. The lowest BCUT2D eigenvalue weighted by Crippen LogP contribution is -2.48. The lowest BCUT2D eigenvalue weighted by molar-refractivity contribution is 0.124. The van der Waals surface area contributed by atoms with Crippen LogP contribution in [0.25, 0.3) is 0 Å². The van der Waals surface area contributed by atoms with E-state index >= 15 is 0 Å². The molecule has 2 rings (SSSR count). The van der Waals surface area contributed by atoms with Crippen molar-refractivity contribution in [2.24, 2.45) is 18.0 Å². The molecule has 0 radical (unpaired) electrons. The predicted molar refractivity (Wildman–Crippen MR) is 114 cm³/mol. The molecule has 1 aromatic heterocycles. The molecule has 1 aliphatic heterocycles. The molecule has 1 fully saturated rings. The van der Waals surface area contributed by atoms with Crippen LogP contribution in [-0.2, 0) is 13.6 Å². The number of aromatic nitrogens is 1. The first kappa shape index (κ1) is 21.3. The largest absolute Gasteiger partial charge is 0.356 e. The van der Waals surface area contributed by atoms with E-state index in [1.807, 2.05) is 7.05 Å². The van der Waals surface area contributed by atoms with E-state index in [0.717, 1.165) is 30.1 Å². The van der Waals surface area contributed by atoms with Gasteiger partial charge in [0.2, 0.25) is 0 Å². The Bertz CT molecular complexity index is 577. The summed E-state index contributed by atoms with van der Waals surface area (Å²) in [5.74, 6) is 1.54. The van der Waals surface area contributed by atoms with E-state index in [4.69, 9.17) is 0 Å². The minimum absolute atomic E-state index is 0.595. The Morgan fingerprint density at radius 2 is 1.96 bits per heavy atom. The minimum Gasteiger partial charge on any atom is -0.356 e. The molecule has 1 N–H and O–H groups in total. The molecule has 1 aliphatic rings. The smallest absolute Gasteiger partial charge is 0.193 e. The Kier molecular flexibility index (Phi) is 8.44. The van der Waals surface area contributed by atoms with Gasteiger partial charge in [-0.15, -0.1) is 0 Å². The van der Waals surface area contributed by atoms with Crippen molar-refractivity contribution in [3.05, 3.63) is 22.4 Å². The van der Waals surface area contributed by atoms with Crippen molar-refractivity contribution in [2.45, 2.75) is 20.4 Å². The van der Waals surface area contributed by atoms with Crippen LogP contribution in [-0.4, -0.2) is 85.1 Å². The molecule has 0 aliphatic carbocycles. The molecule has 1 aromatic rings. The normalized spacial score (nSPS) is 18.2. The lowest BCUT2D eigenvalue weighted by atomic mass is 10.1. The first-order chi connectivity index (χ1) is 12.4. The zero-order valence-corrected chi connectivity index (χ0v) is 18.6. The van der Waals surface area contributed by atoms with Crippen molar-refractivity contribution in [3.63, 3.8) is 0 Å². The first-order valence-electron chi connectivity index (χ1n) is 9.60. The van der Waals surface area contributed by atoms with Crippen LogP contribution in [0.4, 0.5) is 0 Å². The van der Waals surface area contributed by atoms with E-state index in [-0.39, 0.29) is 0 Å². The average Bonchev–Trinajstić information content (AvgIpc) is 2.93. The third kappa shape index (κ3) is 6.28. The number of aryl methyl sites for hydroxylation is 1. The zero-order chi connectivity index (χ0) is 19.1. The molecule has 0 spiro atoms. The molecule has 2 heterocycles. The van der Waals surface area contributed by atoms with Gasteiger partial charge in [-0.1, -0.05) is 13.8 Å². The third-order valence-electron chi connectivity index (χ3n) is 5.14. The maximum atomic E-state index is 4.45. The van der Waals surface area contributed by atoms with Gasteiger partial charge in [0, 0.05) is 76.8 Å². The number of nitrogens with one attached hydrogen (secondary N) is 1. The summed E-state index contributed by atoms with van der Waals surface area (Å²) in [5, 5.41) is 3.54. The van der Waals surface area contributed by atoms with Crippen LogP contribution in [0, 0.1) is 5.92 Å². The molecule has 0 saturated carbocycles. The highest BCUT2D eigenvalue weighted by Gasteiger charge is 2.18. The number of likely N-dealkylation sites (N-methyl/N-ethyl adjacent to an activating group) is 1. The van der Waals surface area contributed by atoms with Crippen molar-refractivity contribution in [1.82, 2.24) is 24.6 Å². The standard InChI is InChI=1S/C19H35BrN6/c1-6-25-7-9-26(10-8-25)13-16(2)12-22-19(21-3)24(5)15-18-11-17(20)14-23(18)4/h11,14,16H,6-10,12-13,15H2,1-5H3,(H,21,22). The molecule has 7 heteroatoms. The second-order valence-corrected chi connectivity index (χ2v) is 8.30. The molecule has 0 bridgehead atoms. The Balaban J connectivity index is 1.76. The molecule has 26 heavy (non-hydrogen) atoms. The number of rotatable bonds is 7. The highest BCUT2D eigenvalue weighted by Crippen LogP contribution is 2.15. The van der Waals surface area contributed by atoms with Gasteiger partial charge in [-0.05, 0) is 34.5 Å². The predicted octanol–water partition coefficient (Wildman–Crippen LogP) is 2.07. The Labute approximate surface area is 167 Å². The topological polar surface area (TPSA) is 39.0 Å². The quantitative estimate of drug-likeness (QED) is 0.534. The van der Waals surface area contributed by atoms with Crippen molar-refractivity contribution in [1.29, 1.82) is 0 Å². The van der Waals surface area contributed by atoms with Crippen LogP contribution < -0.4 is 5.32 Å². The summed E-state index contributed by atoms with van der Waals surface area (Å²) in [6.45, 7) is 13.4. The van der Waals surface area contributed by atoms with Crippen LogP contribution in [0.3, 0.4) is 0 Å². The van der Waals surface area contributed by atoms with Crippen LogP contribution in [0.2, 0.25) is 0 Å². The summed E-state index contributed by atoms with van der Waals surface area (Å²) in [5.41, 5.74) is 1.25. The summed E-state index contributed by atoms with van der Waals surface area (Å²) >= 11 is 3.54. The Morgan fingerprint density at radius 3 is 2.50 bits per heavy atom. The van der Waals surface area contributed by atoms with Gasteiger partial charge in [-0.25, -0.2) is 0 Å². The average molecular weight is 427 g/mol. The van der Waals surface area contributed by atoms with E-state index in [2.05, 4.69) is 85.7 Å². The highest BCUT2D eigenvalue weighted by molar-refractivity contribution is 9.10. The fraction of sp³-hybridized carbons (Fsp3) is 0.737. The van der Waals surface area contributed by atoms with E-state index in [1.165, 1.54) is 38.4 Å². The highest BCUT2D eigenvalue weighted by atomic mass is 79.9. The van der Waals surface area contributed by atoms with Crippen LogP contribution in [0.1, 0.15) is 19.5 Å². The molecule has 0 amide bonds. The maximum Gasteiger partial charge on any atom is 0.193 e. The fourth-order valence-electron chi connectivity index (χ4n) is 3.48. The minimum atomic E-state index is 0.595. The number of guanidine groups is 1. The summed E-state index contributed by atoms with van der Waals surface area (Å²) < 4.78 is 3.26. The zero-order valence-electron chi connectivity index (χ0n) is 17.0. The van der Waals surface area contributed by atoms with Crippen molar-refractivity contribution in [2.75, 3.05) is 59.9 Å². The van der Waals surface area contributed by atoms with Gasteiger partial charge in [0.1, 0.15) is 0 Å². The summed E-state index contributed by atoms with van der Waals surface area (Å²) in [4.78, 5) is 11.7. The van der Waals surface area contributed by atoms with E-state index in [1.54, 1.807) is 0 Å². The Morgan fingerprint density at radius 1 is 1.31 bits per heavy atom. The summed E-state index contributed by atoms with van der Waals surface area (Å²) in [6.07, 6.45) is 2.08. The fourth-order valence-corrected chi connectivity index (χ4v) is 4.06. The Hall–Kier alpha value is -1.05. The van der Waals surface area contributed by atoms with Crippen molar-refractivity contribution < 1.29 is 0 Å². The van der Waals surface area contributed by atoms with Gasteiger partial charge in [-0.2, -0.15) is 0 Å². The van der Waals surface area contributed by atoms with Gasteiger partial charge >= 0.3 is 0 Å². The molecule has 1 unspecified atom stereocenters. The molecular formula is C19H35BrN6. The van der Waals surface area contributed by atoms with Gasteiger partial charge < -0.3 is 24.6 Å². The number of piperazine rings is 1. The van der Waals surface area contributed by atoms with Gasteiger partial charge in [0.25, 0.3) is 0 Å². The summed E-state index contributed by atoms with van der Waals surface area (Å²) in [6, 6.07) is 2.16. The molecule has 1 atom stereocenters. The number of hydrogen-bond donors (Lipinski definition) is 1. The van der Waals surface area contributed by atoms with E-state index < -0.39 is 0 Å². The number of halogens is 1. The molecule has 0 aromatic carbocycles. The van der Waals surface area contributed by atoms with E-state index in [0.29, 0.717) is 5.92 Å². The van der Waals surface area contributed by atoms with Crippen LogP contribution in [0.15, 0.2) is 21.7 Å². The number of nitrogens with zero attached hydrogens (tertiary/aromatic N) is 5. The molecule has 148 valence electrons. The third-order valence-corrected chi connectivity index (χ3v) is 5.57. The molecular weight excluding hydrogens is 392 g/mol. The van der Waals surface area contributed by atoms with E-state index in [9.17, 15) is 0 Å². The van der Waals surface area contributed by atoms with Crippen molar-refractivity contribution >= 4 is 21.9 Å². The van der Waals surface area contributed by atoms with Gasteiger partial charge in [0.05, 0.1) is 6.54 Å². The van der Waals surface area contributed by atoms with Crippen LogP contribution in [0.5, 0.6) is 0 Å². The lowest BCUT2D eigenvalue weighted by Gasteiger charge is -2.35. The van der Waals surface area contributed by atoms with Crippen LogP contribution >= 0.6 is 15.9 Å². The number of aliphatic imine (C=N–C) groups is 1. The number of hydrogen-bond acceptors (Lipinski definition) is 3. The van der Waals surface area contributed by atoms with Crippen molar-refractivity contribution in [3.8, 4) is 0 Å². The monoisotopic (exact) mass is 426 g/mol. The summed E-state index contributed by atoms with van der Waals surface area (Å²) in [7, 11) is 6.02. The second kappa shape index (κ2) is 10.3. The van der Waals surface area contributed by atoms with Gasteiger partial charge in [0.15, 0.2) is 5.96 Å².